The molecule has 25 heavy (non-hydrogen) atoms. The second kappa shape index (κ2) is 7.70. The van der Waals surface area contributed by atoms with Crippen molar-refractivity contribution < 1.29 is 9.53 Å². The number of hydrogen-bond acceptors (Lipinski definition) is 3. The first-order valence-corrected chi connectivity index (χ1v) is 8.93. The number of carbonyl (C=O) groups excluding carboxylic acids is 1. The maximum Gasteiger partial charge on any atom is 0.224 e. The van der Waals surface area contributed by atoms with Gasteiger partial charge in [0, 0.05) is 24.7 Å². The molecule has 0 aromatic heterocycles. The first kappa shape index (κ1) is 17.5. The monoisotopic (exact) mass is 338 g/mol. The van der Waals surface area contributed by atoms with Crippen LogP contribution in [0.5, 0.6) is 5.75 Å². The van der Waals surface area contributed by atoms with Gasteiger partial charge in [-0.2, -0.15) is 0 Å². The van der Waals surface area contributed by atoms with Gasteiger partial charge in [0.15, 0.2) is 0 Å². The van der Waals surface area contributed by atoms with Crippen molar-refractivity contribution >= 4 is 11.6 Å². The Labute approximate surface area is 149 Å². The molecule has 0 radical (unpaired) electrons. The van der Waals surface area contributed by atoms with E-state index in [4.69, 9.17) is 4.74 Å². The lowest BCUT2D eigenvalue weighted by atomic mass is 9.97. The molecular weight excluding hydrogens is 312 g/mol. The highest BCUT2D eigenvalue weighted by atomic mass is 16.5. The summed E-state index contributed by atoms with van der Waals surface area (Å²) in [6.07, 6.45) is 1.58. The maximum atomic E-state index is 11.5. The van der Waals surface area contributed by atoms with Gasteiger partial charge in [-0.15, -0.1) is 0 Å². The zero-order valence-corrected chi connectivity index (χ0v) is 15.1. The largest absolute Gasteiger partial charge is 0.491 e. The van der Waals surface area contributed by atoms with Crippen LogP contribution in [0.15, 0.2) is 42.5 Å². The first-order valence-electron chi connectivity index (χ1n) is 8.93. The van der Waals surface area contributed by atoms with Crippen molar-refractivity contribution in [2.24, 2.45) is 0 Å². The van der Waals surface area contributed by atoms with E-state index in [0.717, 1.165) is 24.4 Å². The summed E-state index contributed by atoms with van der Waals surface area (Å²) in [6, 6.07) is 14.8. The van der Waals surface area contributed by atoms with Crippen LogP contribution in [0.25, 0.3) is 0 Å². The van der Waals surface area contributed by atoms with Crippen LogP contribution < -0.4 is 15.4 Å². The molecule has 1 atom stereocenters. The number of fused-ring (bicyclic) bond motifs is 1. The lowest BCUT2D eigenvalue weighted by Gasteiger charge is -2.20. The fraction of sp³-hybridized carbons (Fsp3) is 0.381. The SMILES string of the molecule is CC(C)Oc1ccc(CNC(C)c2ccc3c(c2)CCC(=O)N3)cc1. The minimum absolute atomic E-state index is 0.108. The summed E-state index contributed by atoms with van der Waals surface area (Å²) in [4.78, 5) is 11.5. The number of benzene rings is 2. The number of aryl methyl sites for hydroxylation is 1. The van der Waals surface area contributed by atoms with Gasteiger partial charge in [0.05, 0.1) is 6.10 Å². The molecule has 2 N–H and O–H groups in total. The van der Waals surface area contributed by atoms with E-state index in [1.165, 1.54) is 16.7 Å². The normalized spacial score (nSPS) is 14.8. The van der Waals surface area contributed by atoms with Gasteiger partial charge in [0.25, 0.3) is 0 Å². The zero-order valence-electron chi connectivity index (χ0n) is 15.1. The summed E-state index contributed by atoms with van der Waals surface area (Å²) in [5.74, 6) is 1.01. The topological polar surface area (TPSA) is 50.4 Å². The predicted molar refractivity (Wildman–Crippen MR) is 101 cm³/mol. The van der Waals surface area contributed by atoms with Crippen molar-refractivity contribution in [1.82, 2.24) is 5.32 Å². The maximum absolute atomic E-state index is 11.5. The van der Waals surface area contributed by atoms with Crippen LogP contribution in [0.2, 0.25) is 0 Å². The molecular formula is C21H26N2O2. The number of carbonyl (C=O) groups is 1. The molecule has 4 nitrogen and oxygen atoms in total. The minimum atomic E-state index is 0.108. The molecule has 1 aliphatic heterocycles. The standard InChI is InChI=1S/C21H26N2O2/c1-14(2)25-19-8-4-16(5-9-19)13-22-15(3)17-6-10-20-18(12-17)7-11-21(24)23-20/h4-6,8-10,12,14-15,22H,7,11,13H2,1-3H3,(H,23,24). The average Bonchev–Trinajstić information content (AvgIpc) is 2.60. The van der Waals surface area contributed by atoms with Crippen molar-refractivity contribution in [2.45, 2.75) is 52.3 Å². The molecule has 0 aliphatic carbocycles. The fourth-order valence-corrected chi connectivity index (χ4v) is 3.02. The molecule has 0 fully saturated rings. The van der Waals surface area contributed by atoms with E-state index in [-0.39, 0.29) is 18.1 Å². The van der Waals surface area contributed by atoms with Crippen LogP contribution in [0.3, 0.4) is 0 Å². The van der Waals surface area contributed by atoms with Crippen LogP contribution in [0.4, 0.5) is 5.69 Å². The molecule has 132 valence electrons. The van der Waals surface area contributed by atoms with Crippen LogP contribution in [-0.2, 0) is 17.8 Å². The van der Waals surface area contributed by atoms with Gasteiger partial charge in [-0.25, -0.2) is 0 Å². The second-order valence-corrected chi connectivity index (χ2v) is 6.88. The van der Waals surface area contributed by atoms with Crippen molar-refractivity contribution in [2.75, 3.05) is 5.32 Å². The smallest absolute Gasteiger partial charge is 0.224 e. The highest BCUT2D eigenvalue weighted by molar-refractivity contribution is 5.93. The number of anilines is 1. The highest BCUT2D eigenvalue weighted by Crippen LogP contribution is 2.26. The van der Waals surface area contributed by atoms with E-state index in [1.807, 2.05) is 32.0 Å². The Morgan fingerprint density at radius 3 is 2.56 bits per heavy atom. The number of amides is 1. The van der Waals surface area contributed by atoms with E-state index < -0.39 is 0 Å². The summed E-state index contributed by atoms with van der Waals surface area (Å²) in [6.45, 7) is 7.03. The van der Waals surface area contributed by atoms with Crippen molar-refractivity contribution in [3.8, 4) is 5.75 Å². The van der Waals surface area contributed by atoms with Gasteiger partial charge in [0.2, 0.25) is 5.91 Å². The third-order valence-corrected chi connectivity index (χ3v) is 4.43. The molecule has 4 heteroatoms. The third-order valence-electron chi connectivity index (χ3n) is 4.43. The van der Waals surface area contributed by atoms with Crippen LogP contribution in [0, 0.1) is 0 Å². The molecule has 1 heterocycles. The third kappa shape index (κ3) is 4.60. The average molecular weight is 338 g/mol. The van der Waals surface area contributed by atoms with Crippen molar-refractivity contribution in [3.63, 3.8) is 0 Å². The Bertz CT molecular complexity index is 738. The minimum Gasteiger partial charge on any atom is -0.491 e. The Morgan fingerprint density at radius 1 is 1.08 bits per heavy atom. The lowest BCUT2D eigenvalue weighted by molar-refractivity contribution is -0.116. The molecule has 0 saturated heterocycles. The molecule has 2 aromatic carbocycles. The number of hydrogen-bond donors (Lipinski definition) is 2. The van der Waals surface area contributed by atoms with Crippen molar-refractivity contribution in [3.05, 3.63) is 59.2 Å². The Balaban J connectivity index is 1.59. The number of ether oxygens (including phenoxy) is 1. The molecule has 0 saturated carbocycles. The molecule has 1 unspecified atom stereocenters. The van der Waals surface area contributed by atoms with E-state index in [9.17, 15) is 4.79 Å². The second-order valence-electron chi connectivity index (χ2n) is 6.88. The van der Waals surface area contributed by atoms with E-state index >= 15 is 0 Å². The molecule has 3 rings (SSSR count). The van der Waals surface area contributed by atoms with Gasteiger partial charge in [0.1, 0.15) is 5.75 Å². The van der Waals surface area contributed by atoms with Crippen LogP contribution in [0.1, 0.15) is 49.9 Å². The zero-order chi connectivity index (χ0) is 17.8. The Morgan fingerprint density at radius 2 is 1.84 bits per heavy atom. The summed E-state index contributed by atoms with van der Waals surface area (Å²) in [5, 5.41) is 6.49. The van der Waals surface area contributed by atoms with Crippen molar-refractivity contribution in [1.29, 1.82) is 0 Å². The highest BCUT2D eigenvalue weighted by Gasteiger charge is 2.16. The first-order chi connectivity index (χ1) is 12.0. The molecule has 0 spiro atoms. The summed E-state index contributed by atoms with van der Waals surface area (Å²) in [7, 11) is 0. The Kier molecular flexibility index (Phi) is 5.39. The van der Waals surface area contributed by atoms with E-state index in [2.05, 4.69) is 41.8 Å². The lowest BCUT2D eigenvalue weighted by Crippen LogP contribution is -2.21. The van der Waals surface area contributed by atoms with Gasteiger partial charge >= 0.3 is 0 Å². The van der Waals surface area contributed by atoms with Crippen LogP contribution >= 0.6 is 0 Å². The van der Waals surface area contributed by atoms with E-state index in [0.29, 0.717) is 6.42 Å². The van der Waals surface area contributed by atoms with Gasteiger partial charge in [-0.1, -0.05) is 24.3 Å². The molecule has 2 aromatic rings. The number of rotatable bonds is 6. The molecule has 1 aliphatic rings. The van der Waals surface area contributed by atoms with E-state index in [1.54, 1.807) is 0 Å². The molecule has 0 bridgehead atoms. The van der Waals surface area contributed by atoms with Gasteiger partial charge < -0.3 is 15.4 Å². The fourth-order valence-electron chi connectivity index (χ4n) is 3.02. The summed E-state index contributed by atoms with van der Waals surface area (Å²) in [5.41, 5.74) is 4.65. The predicted octanol–water partition coefficient (Wildman–Crippen LogP) is 4.21. The van der Waals surface area contributed by atoms with Gasteiger partial charge in [-0.05, 0) is 62.1 Å². The Hall–Kier alpha value is -2.33. The quantitative estimate of drug-likeness (QED) is 0.829. The van der Waals surface area contributed by atoms with Crippen LogP contribution in [-0.4, -0.2) is 12.0 Å². The number of nitrogens with one attached hydrogen (secondary N) is 2. The summed E-state index contributed by atoms with van der Waals surface area (Å²) >= 11 is 0. The summed E-state index contributed by atoms with van der Waals surface area (Å²) < 4.78 is 5.67. The molecule has 1 amide bonds. The van der Waals surface area contributed by atoms with Gasteiger partial charge in [-0.3, -0.25) is 4.79 Å².